The van der Waals surface area contributed by atoms with Crippen molar-refractivity contribution in [2.45, 2.75) is 105 Å². The minimum atomic E-state index is 0.623. The first-order chi connectivity index (χ1) is 13.8. The zero-order chi connectivity index (χ0) is 21.2. The second-order valence-electron chi connectivity index (χ2n) is 12.1. The number of hydrogen-bond donors (Lipinski definition) is 0. The zero-order valence-electron chi connectivity index (χ0n) is 20.0. The standard InChI is InChI=1S/C27H48I2/c1-19(2)7-6-8-20(3)23-11-12-24-22-10-9-21(14-17-28)26(4,16-18-29)25(22)13-15-27(23,24)5/h19-25H,6-18H2,1-5H3/t20-,21+,22+,23+,24-,25+,26+,27-/m1/s1. The van der Waals surface area contributed by atoms with Crippen LogP contribution in [0.15, 0.2) is 0 Å². The van der Waals surface area contributed by atoms with Gasteiger partial charge in [0.25, 0.3) is 0 Å². The molecule has 0 N–H and O–H groups in total. The Morgan fingerprint density at radius 1 is 0.862 bits per heavy atom. The quantitative estimate of drug-likeness (QED) is 0.177. The van der Waals surface area contributed by atoms with Gasteiger partial charge in [-0.25, -0.2) is 0 Å². The normalized spacial score (nSPS) is 43.2. The van der Waals surface area contributed by atoms with Crippen LogP contribution in [0.3, 0.4) is 0 Å². The molecule has 0 amide bonds. The Hall–Kier alpha value is 1.46. The Morgan fingerprint density at radius 2 is 1.62 bits per heavy atom. The van der Waals surface area contributed by atoms with Crippen molar-refractivity contribution in [3.63, 3.8) is 0 Å². The molecule has 0 unspecified atom stereocenters. The van der Waals surface area contributed by atoms with E-state index >= 15 is 0 Å². The van der Waals surface area contributed by atoms with Gasteiger partial charge in [0.15, 0.2) is 0 Å². The highest BCUT2D eigenvalue weighted by molar-refractivity contribution is 14.1. The summed E-state index contributed by atoms with van der Waals surface area (Å²) in [5, 5.41) is 0. The number of fused-ring (bicyclic) bond motifs is 3. The molecule has 0 aliphatic heterocycles. The third kappa shape index (κ3) is 5.03. The Balaban J connectivity index is 1.73. The smallest absolute Gasteiger partial charge is 0.0000661 e. The molecule has 8 atom stereocenters. The minimum absolute atomic E-state index is 0.623. The van der Waals surface area contributed by atoms with Crippen LogP contribution in [0, 0.1) is 52.3 Å². The van der Waals surface area contributed by atoms with Crippen LogP contribution in [0.4, 0.5) is 0 Å². The highest BCUT2D eigenvalue weighted by Crippen LogP contribution is 2.67. The maximum Gasteiger partial charge on any atom is 0.0000661 e. The molecule has 3 saturated carbocycles. The lowest BCUT2D eigenvalue weighted by Crippen LogP contribution is -2.52. The van der Waals surface area contributed by atoms with Gasteiger partial charge in [-0.05, 0) is 108 Å². The molecule has 170 valence electrons. The first kappa shape index (κ1) is 25.1. The summed E-state index contributed by atoms with van der Waals surface area (Å²) in [5.74, 6) is 6.91. The number of rotatable bonds is 9. The second-order valence-corrected chi connectivity index (χ2v) is 14.3. The Kier molecular flexibility index (Phi) is 9.17. The maximum absolute atomic E-state index is 2.75. The fourth-order valence-corrected chi connectivity index (χ4v) is 10.7. The van der Waals surface area contributed by atoms with Crippen molar-refractivity contribution in [1.82, 2.24) is 0 Å². The van der Waals surface area contributed by atoms with Crippen molar-refractivity contribution >= 4 is 45.2 Å². The molecule has 0 radical (unpaired) electrons. The Bertz CT molecular complexity index is 517. The summed E-state index contributed by atoms with van der Waals surface area (Å²) in [6.07, 6.45) is 16.5. The van der Waals surface area contributed by atoms with E-state index in [1.54, 1.807) is 12.8 Å². The fraction of sp³-hybridized carbons (Fsp3) is 1.00. The van der Waals surface area contributed by atoms with Gasteiger partial charge in [-0.3, -0.25) is 0 Å². The van der Waals surface area contributed by atoms with Gasteiger partial charge < -0.3 is 0 Å². The molecule has 0 spiro atoms. The van der Waals surface area contributed by atoms with Crippen LogP contribution >= 0.6 is 45.2 Å². The molecule has 3 aliphatic carbocycles. The van der Waals surface area contributed by atoms with E-state index < -0.39 is 0 Å². The van der Waals surface area contributed by atoms with Crippen LogP contribution < -0.4 is 0 Å². The molecule has 0 heterocycles. The van der Waals surface area contributed by atoms with Gasteiger partial charge in [0, 0.05) is 4.43 Å². The monoisotopic (exact) mass is 626 g/mol. The molecule has 0 aromatic rings. The molecule has 3 aliphatic rings. The summed E-state index contributed by atoms with van der Waals surface area (Å²) in [5.41, 5.74) is 1.28. The maximum atomic E-state index is 2.75. The average molecular weight is 626 g/mol. The van der Waals surface area contributed by atoms with E-state index in [-0.39, 0.29) is 0 Å². The van der Waals surface area contributed by atoms with Crippen LogP contribution in [0.2, 0.25) is 0 Å². The van der Waals surface area contributed by atoms with Crippen molar-refractivity contribution in [1.29, 1.82) is 0 Å². The van der Waals surface area contributed by atoms with E-state index in [4.69, 9.17) is 0 Å². The van der Waals surface area contributed by atoms with Gasteiger partial charge in [0.2, 0.25) is 0 Å². The van der Waals surface area contributed by atoms with Gasteiger partial charge in [-0.15, -0.1) is 0 Å². The molecule has 0 saturated heterocycles. The SMILES string of the molecule is CC(C)CCC[C@@H](C)[C@@H]1CC[C@@H]2[C@@H]3CC[C@@H](CCI)[C@](C)(CCI)[C@H]3CC[C@@]21C. The molecule has 0 bridgehead atoms. The lowest BCUT2D eigenvalue weighted by molar-refractivity contribution is -0.101. The highest BCUT2D eigenvalue weighted by atomic mass is 127. The molecule has 3 rings (SSSR count). The Labute approximate surface area is 210 Å². The van der Waals surface area contributed by atoms with Crippen molar-refractivity contribution < 1.29 is 0 Å². The molecule has 3 fully saturated rings. The third-order valence-corrected chi connectivity index (χ3v) is 11.5. The summed E-state index contributed by atoms with van der Waals surface area (Å²) in [7, 11) is 0. The first-order valence-corrected chi connectivity index (χ1v) is 15.9. The summed E-state index contributed by atoms with van der Waals surface area (Å²) in [6.45, 7) is 12.9. The van der Waals surface area contributed by atoms with Crippen LogP contribution in [0.5, 0.6) is 0 Å². The third-order valence-electron chi connectivity index (χ3n) is 10.4. The van der Waals surface area contributed by atoms with Crippen molar-refractivity contribution in [2.75, 3.05) is 8.86 Å². The zero-order valence-corrected chi connectivity index (χ0v) is 24.3. The van der Waals surface area contributed by atoms with Gasteiger partial charge in [-0.1, -0.05) is 99.1 Å². The molecule has 2 heteroatoms. The molecule has 0 aromatic heterocycles. The number of halogens is 2. The summed E-state index contributed by atoms with van der Waals surface area (Å²) < 4.78 is 2.71. The lowest BCUT2D eigenvalue weighted by Gasteiger charge is -2.59. The van der Waals surface area contributed by atoms with E-state index in [1.165, 1.54) is 66.6 Å². The lowest BCUT2D eigenvalue weighted by atomic mass is 9.46. The summed E-state index contributed by atoms with van der Waals surface area (Å²) in [4.78, 5) is 0. The van der Waals surface area contributed by atoms with Crippen molar-refractivity contribution in [3.05, 3.63) is 0 Å². The van der Waals surface area contributed by atoms with Crippen LogP contribution in [0.25, 0.3) is 0 Å². The van der Waals surface area contributed by atoms with E-state index in [2.05, 4.69) is 79.8 Å². The van der Waals surface area contributed by atoms with E-state index in [0.717, 1.165) is 41.4 Å². The number of alkyl halides is 2. The molecular formula is C27H48I2. The average Bonchev–Trinajstić information content (AvgIpc) is 3.01. The number of hydrogen-bond acceptors (Lipinski definition) is 0. The van der Waals surface area contributed by atoms with E-state index in [0.29, 0.717) is 10.8 Å². The van der Waals surface area contributed by atoms with Crippen LogP contribution in [0.1, 0.15) is 105 Å². The largest absolute Gasteiger partial charge is 0.0864 e. The fourth-order valence-electron chi connectivity index (χ4n) is 8.76. The predicted octanol–water partition coefficient (Wildman–Crippen LogP) is 9.57. The van der Waals surface area contributed by atoms with Gasteiger partial charge in [0.1, 0.15) is 0 Å². The molecule has 0 nitrogen and oxygen atoms in total. The van der Waals surface area contributed by atoms with Crippen molar-refractivity contribution in [3.8, 4) is 0 Å². The first-order valence-electron chi connectivity index (χ1n) is 12.9. The van der Waals surface area contributed by atoms with Gasteiger partial charge >= 0.3 is 0 Å². The van der Waals surface area contributed by atoms with Gasteiger partial charge in [0.05, 0.1) is 0 Å². The van der Waals surface area contributed by atoms with Crippen LogP contribution in [-0.4, -0.2) is 8.86 Å². The topological polar surface area (TPSA) is 0 Å². The minimum Gasteiger partial charge on any atom is -0.0864 e. The molecule has 0 aromatic carbocycles. The van der Waals surface area contributed by atoms with Gasteiger partial charge in [-0.2, -0.15) is 0 Å². The molecule has 29 heavy (non-hydrogen) atoms. The van der Waals surface area contributed by atoms with E-state index in [9.17, 15) is 0 Å². The summed E-state index contributed by atoms with van der Waals surface area (Å²) >= 11 is 5.29. The highest BCUT2D eigenvalue weighted by Gasteiger charge is 2.59. The predicted molar refractivity (Wildman–Crippen MR) is 146 cm³/mol. The van der Waals surface area contributed by atoms with Crippen molar-refractivity contribution in [2.24, 2.45) is 52.3 Å². The Morgan fingerprint density at radius 3 is 2.28 bits per heavy atom. The molecular weight excluding hydrogens is 578 g/mol. The summed E-state index contributed by atoms with van der Waals surface area (Å²) in [6, 6.07) is 0. The van der Waals surface area contributed by atoms with Crippen LogP contribution in [-0.2, 0) is 0 Å². The second kappa shape index (κ2) is 10.6. The van der Waals surface area contributed by atoms with E-state index in [1.807, 2.05) is 0 Å².